The van der Waals surface area contributed by atoms with Gasteiger partial charge < -0.3 is 0 Å². The summed E-state index contributed by atoms with van der Waals surface area (Å²) in [7, 11) is 0. The Morgan fingerprint density at radius 1 is 1.24 bits per heavy atom. The second-order valence-electron chi connectivity index (χ2n) is 5.16. The van der Waals surface area contributed by atoms with Crippen LogP contribution in [0.4, 0.5) is 0 Å². The number of ketones is 1. The van der Waals surface area contributed by atoms with Crippen LogP contribution in [-0.2, 0) is 11.2 Å². The molecule has 2 heteroatoms. The third-order valence-corrected chi connectivity index (χ3v) is 3.67. The number of benzene rings is 1. The first kappa shape index (κ1) is 10.5. The van der Waals surface area contributed by atoms with E-state index in [1.165, 1.54) is 0 Å². The summed E-state index contributed by atoms with van der Waals surface area (Å²) in [6, 6.07) is 12.0. The first-order valence-corrected chi connectivity index (χ1v) is 6.05. The molecular formula is C15H15NO. The molecule has 0 atom stereocenters. The standard InChI is InChI=1S/C15H15NO/c1-15(8-9-15)14(17)10-12-7-6-11-4-2-3-5-13(11)16-12/h2-7H,8-10H2,1H3. The van der Waals surface area contributed by atoms with E-state index in [2.05, 4.69) is 11.9 Å². The van der Waals surface area contributed by atoms with Gasteiger partial charge in [0.25, 0.3) is 0 Å². The van der Waals surface area contributed by atoms with Gasteiger partial charge >= 0.3 is 0 Å². The molecule has 2 nitrogen and oxygen atoms in total. The largest absolute Gasteiger partial charge is 0.299 e. The number of Topliss-reactive ketones (excluding diaryl/α,β-unsaturated/α-hetero) is 1. The van der Waals surface area contributed by atoms with Gasteiger partial charge in [0, 0.05) is 22.9 Å². The summed E-state index contributed by atoms with van der Waals surface area (Å²) in [5, 5.41) is 1.13. The molecular weight excluding hydrogens is 210 g/mol. The van der Waals surface area contributed by atoms with Gasteiger partial charge in [0.15, 0.2) is 0 Å². The lowest BCUT2D eigenvalue weighted by molar-refractivity contribution is -0.122. The maximum absolute atomic E-state index is 12.0. The maximum atomic E-state index is 12.0. The van der Waals surface area contributed by atoms with Crippen molar-refractivity contribution in [2.24, 2.45) is 5.41 Å². The molecule has 1 heterocycles. The van der Waals surface area contributed by atoms with Crippen molar-refractivity contribution >= 4 is 16.7 Å². The minimum atomic E-state index is -0.0483. The Labute approximate surface area is 101 Å². The molecule has 2 aromatic rings. The zero-order valence-corrected chi connectivity index (χ0v) is 9.94. The molecule has 0 saturated heterocycles. The molecule has 0 N–H and O–H groups in total. The summed E-state index contributed by atoms with van der Waals surface area (Å²) in [4.78, 5) is 16.5. The van der Waals surface area contributed by atoms with E-state index in [0.29, 0.717) is 12.2 Å². The number of rotatable bonds is 3. The molecule has 17 heavy (non-hydrogen) atoms. The van der Waals surface area contributed by atoms with E-state index in [1.54, 1.807) is 0 Å². The van der Waals surface area contributed by atoms with Gasteiger partial charge in [0.1, 0.15) is 5.78 Å². The van der Waals surface area contributed by atoms with Crippen LogP contribution in [0.1, 0.15) is 25.5 Å². The van der Waals surface area contributed by atoms with Gasteiger partial charge in [-0.3, -0.25) is 9.78 Å². The highest BCUT2D eigenvalue weighted by Crippen LogP contribution is 2.46. The molecule has 1 saturated carbocycles. The molecule has 0 spiro atoms. The number of pyridine rings is 1. The van der Waals surface area contributed by atoms with Crippen LogP contribution in [-0.4, -0.2) is 10.8 Å². The van der Waals surface area contributed by atoms with Gasteiger partial charge in [-0.2, -0.15) is 0 Å². The molecule has 0 aliphatic heterocycles. The minimum absolute atomic E-state index is 0.0483. The lowest BCUT2D eigenvalue weighted by atomic mass is 9.99. The molecule has 86 valence electrons. The molecule has 0 amide bonds. The Kier molecular flexibility index (Phi) is 2.25. The monoisotopic (exact) mass is 225 g/mol. The zero-order valence-electron chi connectivity index (χ0n) is 9.94. The molecule has 1 aromatic heterocycles. The molecule has 1 aromatic carbocycles. The Hall–Kier alpha value is -1.70. The second-order valence-corrected chi connectivity index (χ2v) is 5.16. The normalized spacial score (nSPS) is 17.0. The van der Waals surface area contributed by atoms with Gasteiger partial charge in [-0.1, -0.05) is 31.2 Å². The van der Waals surface area contributed by atoms with Crippen molar-refractivity contribution < 1.29 is 4.79 Å². The Bertz CT molecular complexity index is 584. The van der Waals surface area contributed by atoms with Gasteiger partial charge in [0.05, 0.1) is 5.52 Å². The number of para-hydroxylation sites is 1. The fourth-order valence-corrected chi connectivity index (χ4v) is 2.05. The number of aromatic nitrogens is 1. The van der Waals surface area contributed by atoms with Gasteiger partial charge in [-0.15, -0.1) is 0 Å². The number of fused-ring (bicyclic) bond motifs is 1. The Morgan fingerprint density at radius 2 is 2.00 bits per heavy atom. The fraction of sp³-hybridized carbons (Fsp3) is 0.333. The van der Waals surface area contributed by atoms with Crippen molar-refractivity contribution in [3.63, 3.8) is 0 Å². The van der Waals surface area contributed by atoms with E-state index in [9.17, 15) is 4.79 Å². The van der Waals surface area contributed by atoms with E-state index < -0.39 is 0 Å². The van der Waals surface area contributed by atoms with E-state index in [4.69, 9.17) is 0 Å². The average Bonchev–Trinajstić information content (AvgIpc) is 3.09. The van der Waals surface area contributed by atoms with Crippen molar-refractivity contribution in [2.45, 2.75) is 26.2 Å². The predicted octanol–water partition coefficient (Wildman–Crippen LogP) is 3.15. The average molecular weight is 225 g/mol. The van der Waals surface area contributed by atoms with Gasteiger partial charge in [-0.05, 0) is 25.0 Å². The highest BCUT2D eigenvalue weighted by Gasteiger charge is 2.44. The summed E-state index contributed by atoms with van der Waals surface area (Å²) >= 11 is 0. The van der Waals surface area contributed by atoms with Crippen LogP contribution in [0.25, 0.3) is 10.9 Å². The first-order chi connectivity index (χ1) is 8.17. The third kappa shape index (κ3) is 1.95. The van der Waals surface area contributed by atoms with Crippen molar-refractivity contribution in [2.75, 3.05) is 0 Å². The fourth-order valence-electron chi connectivity index (χ4n) is 2.05. The highest BCUT2D eigenvalue weighted by molar-refractivity contribution is 5.89. The predicted molar refractivity (Wildman–Crippen MR) is 67.8 cm³/mol. The summed E-state index contributed by atoms with van der Waals surface area (Å²) in [5.41, 5.74) is 1.81. The van der Waals surface area contributed by atoms with Gasteiger partial charge in [0.2, 0.25) is 0 Å². The molecule has 1 aliphatic carbocycles. The smallest absolute Gasteiger partial charge is 0.144 e. The molecule has 0 radical (unpaired) electrons. The van der Waals surface area contributed by atoms with Crippen LogP contribution in [0.3, 0.4) is 0 Å². The summed E-state index contributed by atoms with van der Waals surface area (Å²) in [5.74, 6) is 0.334. The van der Waals surface area contributed by atoms with Crippen molar-refractivity contribution in [1.82, 2.24) is 4.98 Å². The van der Waals surface area contributed by atoms with Crippen LogP contribution in [0, 0.1) is 5.41 Å². The highest BCUT2D eigenvalue weighted by atomic mass is 16.1. The molecule has 1 aliphatic rings. The quantitative estimate of drug-likeness (QED) is 0.803. The number of hydrogen-bond donors (Lipinski definition) is 0. The summed E-state index contributed by atoms with van der Waals surface area (Å²) in [6.07, 6.45) is 2.56. The summed E-state index contributed by atoms with van der Waals surface area (Å²) < 4.78 is 0. The van der Waals surface area contributed by atoms with E-state index in [1.807, 2.05) is 36.4 Å². The van der Waals surface area contributed by atoms with E-state index in [0.717, 1.165) is 29.4 Å². The minimum Gasteiger partial charge on any atom is -0.299 e. The SMILES string of the molecule is CC1(C(=O)Cc2ccc3ccccc3n2)CC1. The van der Waals surface area contributed by atoms with E-state index >= 15 is 0 Å². The number of carbonyl (C=O) groups is 1. The summed E-state index contributed by atoms with van der Waals surface area (Å²) in [6.45, 7) is 2.05. The molecule has 0 unspecified atom stereocenters. The zero-order chi connectivity index (χ0) is 11.9. The number of nitrogens with zero attached hydrogens (tertiary/aromatic N) is 1. The third-order valence-electron chi connectivity index (χ3n) is 3.67. The number of carbonyl (C=O) groups excluding carboxylic acids is 1. The Morgan fingerprint density at radius 3 is 2.76 bits per heavy atom. The van der Waals surface area contributed by atoms with Crippen LogP contribution >= 0.6 is 0 Å². The number of hydrogen-bond acceptors (Lipinski definition) is 2. The second kappa shape index (κ2) is 3.66. The first-order valence-electron chi connectivity index (χ1n) is 6.05. The van der Waals surface area contributed by atoms with Crippen LogP contribution in [0.2, 0.25) is 0 Å². The van der Waals surface area contributed by atoms with Gasteiger partial charge in [-0.25, -0.2) is 0 Å². The topological polar surface area (TPSA) is 30.0 Å². The maximum Gasteiger partial charge on any atom is 0.144 e. The lowest BCUT2D eigenvalue weighted by Crippen LogP contribution is -2.15. The van der Waals surface area contributed by atoms with Crippen LogP contribution < -0.4 is 0 Å². The van der Waals surface area contributed by atoms with Crippen molar-refractivity contribution in [3.8, 4) is 0 Å². The molecule has 3 rings (SSSR count). The van der Waals surface area contributed by atoms with Crippen LogP contribution in [0.15, 0.2) is 36.4 Å². The molecule has 0 bridgehead atoms. The molecule has 1 fully saturated rings. The van der Waals surface area contributed by atoms with E-state index in [-0.39, 0.29) is 5.41 Å². The van der Waals surface area contributed by atoms with Crippen molar-refractivity contribution in [1.29, 1.82) is 0 Å². The Balaban J connectivity index is 1.88. The van der Waals surface area contributed by atoms with Crippen LogP contribution in [0.5, 0.6) is 0 Å². The van der Waals surface area contributed by atoms with Crippen molar-refractivity contribution in [3.05, 3.63) is 42.1 Å². The lowest BCUT2D eigenvalue weighted by Gasteiger charge is -2.07.